The highest BCUT2D eigenvalue weighted by Gasteiger charge is 2.31. The van der Waals surface area contributed by atoms with E-state index in [1.165, 1.54) is 27.1 Å². The number of likely N-dealkylation sites (N-methyl/N-ethyl adjacent to an activating group) is 1. The molecule has 3 rings (SSSR count). The summed E-state index contributed by atoms with van der Waals surface area (Å²) in [6.07, 6.45) is 0. The Morgan fingerprint density at radius 3 is 2.71 bits per heavy atom. The zero-order valence-electron chi connectivity index (χ0n) is 13.2. The van der Waals surface area contributed by atoms with Gasteiger partial charge in [-0.15, -0.1) is 11.3 Å². The Balaban J connectivity index is 1.85. The molecule has 1 aromatic carbocycles. The van der Waals surface area contributed by atoms with E-state index in [9.17, 15) is 0 Å². The zero-order chi connectivity index (χ0) is 15.0. The van der Waals surface area contributed by atoms with Crippen LogP contribution < -0.4 is 5.73 Å². The van der Waals surface area contributed by atoms with Crippen LogP contribution in [0.2, 0.25) is 0 Å². The van der Waals surface area contributed by atoms with Crippen molar-refractivity contribution in [3.8, 4) is 0 Å². The van der Waals surface area contributed by atoms with Crippen LogP contribution in [0.25, 0.3) is 10.1 Å². The summed E-state index contributed by atoms with van der Waals surface area (Å²) >= 11 is 1.85. The van der Waals surface area contributed by atoms with E-state index in [0.29, 0.717) is 12.6 Å². The molecular formula is C17H25N3S. The lowest BCUT2D eigenvalue weighted by molar-refractivity contribution is 0.250. The number of thiophene rings is 1. The third-order valence-corrected chi connectivity index (χ3v) is 5.90. The van der Waals surface area contributed by atoms with Gasteiger partial charge in [0, 0.05) is 41.8 Å². The van der Waals surface area contributed by atoms with Gasteiger partial charge in [-0.1, -0.05) is 25.1 Å². The zero-order valence-corrected chi connectivity index (χ0v) is 14.0. The van der Waals surface area contributed by atoms with Crippen LogP contribution in [0.4, 0.5) is 0 Å². The summed E-state index contributed by atoms with van der Waals surface area (Å²) in [4.78, 5) is 6.29. The summed E-state index contributed by atoms with van der Waals surface area (Å²) in [5.74, 6) is 0.728. The van der Waals surface area contributed by atoms with Crippen LogP contribution in [0.1, 0.15) is 17.4 Å². The average molecular weight is 303 g/mol. The van der Waals surface area contributed by atoms with Crippen molar-refractivity contribution in [3.63, 3.8) is 0 Å². The molecule has 2 atom stereocenters. The Bertz CT molecular complexity index is 620. The van der Waals surface area contributed by atoms with E-state index in [-0.39, 0.29) is 0 Å². The van der Waals surface area contributed by atoms with Gasteiger partial charge < -0.3 is 10.6 Å². The molecule has 21 heavy (non-hydrogen) atoms. The fraction of sp³-hybridized carbons (Fsp3) is 0.529. The van der Waals surface area contributed by atoms with Crippen LogP contribution in [-0.2, 0) is 13.1 Å². The van der Waals surface area contributed by atoms with E-state index in [1.807, 2.05) is 11.3 Å². The molecule has 1 aliphatic rings. The second-order valence-corrected chi connectivity index (χ2v) is 7.54. The molecule has 114 valence electrons. The fourth-order valence-corrected chi connectivity index (χ4v) is 4.65. The van der Waals surface area contributed by atoms with Gasteiger partial charge in [0.1, 0.15) is 0 Å². The molecule has 0 amide bonds. The van der Waals surface area contributed by atoms with Crippen molar-refractivity contribution in [2.45, 2.75) is 26.1 Å². The fourth-order valence-electron chi connectivity index (χ4n) is 3.56. The van der Waals surface area contributed by atoms with Crippen molar-refractivity contribution in [2.24, 2.45) is 11.7 Å². The molecule has 2 aromatic rings. The van der Waals surface area contributed by atoms with Crippen LogP contribution in [0, 0.1) is 5.92 Å². The van der Waals surface area contributed by atoms with E-state index >= 15 is 0 Å². The highest BCUT2D eigenvalue weighted by atomic mass is 32.1. The van der Waals surface area contributed by atoms with E-state index in [4.69, 9.17) is 5.73 Å². The summed E-state index contributed by atoms with van der Waals surface area (Å²) in [5, 5.41) is 1.39. The molecule has 0 saturated carbocycles. The number of nitrogens with two attached hydrogens (primary N) is 1. The maximum atomic E-state index is 5.98. The number of likely N-dealkylation sites (tertiary alicyclic amines) is 1. The number of nitrogens with zero attached hydrogens (tertiary/aromatic N) is 2. The molecule has 1 aromatic heterocycles. The second-order valence-electron chi connectivity index (χ2n) is 6.41. The summed E-state index contributed by atoms with van der Waals surface area (Å²) in [6.45, 7) is 6.38. The van der Waals surface area contributed by atoms with Crippen LogP contribution in [0.5, 0.6) is 0 Å². The highest BCUT2D eigenvalue weighted by molar-refractivity contribution is 7.19. The molecule has 4 heteroatoms. The van der Waals surface area contributed by atoms with Crippen LogP contribution in [0.15, 0.2) is 24.3 Å². The molecule has 2 heterocycles. The van der Waals surface area contributed by atoms with E-state index in [0.717, 1.165) is 19.0 Å². The highest BCUT2D eigenvalue weighted by Crippen LogP contribution is 2.33. The molecule has 2 unspecified atom stereocenters. The van der Waals surface area contributed by atoms with Gasteiger partial charge in [0.25, 0.3) is 0 Å². The van der Waals surface area contributed by atoms with Crippen molar-refractivity contribution in [2.75, 3.05) is 27.2 Å². The topological polar surface area (TPSA) is 32.5 Å². The Morgan fingerprint density at radius 1 is 1.29 bits per heavy atom. The maximum Gasteiger partial charge on any atom is 0.0349 e. The molecule has 0 aliphatic carbocycles. The lowest BCUT2D eigenvalue weighted by Crippen LogP contribution is -2.34. The molecule has 0 bridgehead atoms. The molecule has 0 radical (unpaired) electrons. The first-order valence-electron chi connectivity index (χ1n) is 7.68. The molecule has 1 fully saturated rings. The molecule has 0 spiro atoms. The Kier molecular flexibility index (Phi) is 4.31. The number of hydrogen-bond donors (Lipinski definition) is 1. The van der Waals surface area contributed by atoms with Gasteiger partial charge in [0.15, 0.2) is 0 Å². The van der Waals surface area contributed by atoms with E-state index < -0.39 is 0 Å². The maximum absolute atomic E-state index is 5.98. The van der Waals surface area contributed by atoms with Gasteiger partial charge in [-0.25, -0.2) is 0 Å². The minimum Gasteiger partial charge on any atom is -0.326 e. The van der Waals surface area contributed by atoms with Gasteiger partial charge in [-0.2, -0.15) is 0 Å². The lowest BCUT2D eigenvalue weighted by atomic mass is 10.1. The predicted molar refractivity (Wildman–Crippen MR) is 91.6 cm³/mol. The minimum atomic E-state index is 0.648. The third kappa shape index (κ3) is 2.86. The Labute approximate surface area is 131 Å². The predicted octanol–water partition coefficient (Wildman–Crippen LogP) is 2.74. The molecule has 1 saturated heterocycles. The summed E-state index contributed by atoms with van der Waals surface area (Å²) in [5.41, 5.74) is 7.42. The Morgan fingerprint density at radius 2 is 2.05 bits per heavy atom. The summed E-state index contributed by atoms with van der Waals surface area (Å²) in [6, 6.07) is 9.36. The minimum absolute atomic E-state index is 0.648. The lowest BCUT2D eigenvalue weighted by Gasteiger charge is -2.22. The SMILES string of the molecule is CC1CN(Cc2c(CN)sc3ccccc23)CC1N(C)C. The molecule has 3 nitrogen and oxygen atoms in total. The average Bonchev–Trinajstić information content (AvgIpc) is 3.00. The van der Waals surface area contributed by atoms with Gasteiger partial charge in [-0.05, 0) is 37.0 Å². The van der Waals surface area contributed by atoms with Crippen molar-refractivity contribution >= 4 is 21.4 Å². The van der Waals surface area contributed by atoms with Gasteiger partial charge in [0.2, 0.25) is 0 Å². The molecule has 1 aliphatic heterocycles. The normalized spacial score (nSPS) is 23.5. The van der Waals surface area contributed by atoms with E-state index in [2.05, 4.69) is 55.1 Å². The van der Waals surface area contributed by atoms with Gasteiger partial charge in [0.05, 0.1) is 0 Å². The first-order valence-corrected chi connectivity index (χ1v) is 8.50. The monoisotopic (exact) mass is 303 g/mol. The van der Waals surface area contributed by atoms with Crippen molar-refractivity contribution in [1.29, 1.82) is 0 Å². The third-order valence-electron chi connectivity index (χ3n) is 4.66. The smallest absolute Gasteiger partial charge is 0.0349 e. The number of fused-ring (bicyclic) bond motifs is 1. The summed E-state index contributed by atoms with van der Waals surface area (Å²) < 4.78 is 1.37. The molecular weight excluding hydrogens is 278 g/mol. The number of benzene rings is 1. The first kappa shape index (κ1) is 15.0. The number of hydrogen-bond acceptors (Lipinski definition) is 4. The van der Waals surface area contributed by atoms with Gasteiger partial charge >= 0.3 is 0 Å². The number of rotatable bonds is 4. The van der Waals surface area contributed by atoms with Crippen LogP contribution in [0.3, 0.4) is 0 Å². The largest absolute Gasteiger partial charge is 0.326 e. The van der Waals surface area contributed by atoms with Crippen LogP contribution >= 0.6 is 11.3 Å². The Hall–Kier alpha value is -0.940. The molecule has 2 N–H and O–H groups in total. The second kappa shape index (κ2) is 6.05. The van der Waals surface area contributed by atoms with E-state index in [1.54, 1.807) is 0 Å². The first-order chi connectivity index (χ1) is 10.1. The van der Waals surface area contributed by atoms with Crippen molar-refractivity contribution in [3.05, 3.63) is 34.7 Å². The quantitative estimate of drug-likeness (QED) is 0.942. The standard InChI is InChI=1S/C17H25N3S/c1-12-9-20(11-15(12)19(2)3)10-14-13-6-4-5-7-16(13)21-17(14)8-18/h4-7,12,15H,8-11,18H2,1-3H3. The van der Waals surface area contributed by atoms with Crippen LogP contribution in [-0.4, -0.2) is 43.0 Å². The van der Waals surface area contributed by atoms with Crippen molar-refractivity contribution in [1.82, 2.24) is 9.80 Å². The van der Waals surface area contributed by atoms with Gasteiger partial charge in [-0.3, -0.25) is 4.90 Å². The van der Waals surface area contributed by atoms with Crippen molar-refractivity contribution < 1.29 is 0 Å². The summed E-state index contributed by atoms with van der Waals surface area (Å²) in [7, 11) is 4.38.